The van der Waals surface area contributed by atoms with Crippen LogP contribution in [0.15, 0.2) is 71.9 Å². The van der Waals surface area contributed by atoms with E-state index in [1.54, 1.807) is 29.1 Å². The molecule has 0 fully saturated rings. The number of rotatable bonds is 8. The van der Waals surface area contributed by atoms with E-state index in [1.165, 1.54) is 11.3 Å². The molecule has 4 aromatic rings. The van der Waals surface area contributed by atoms with Gasteiger partial charge in [0.25, 0.3) is 0 Å². The number of pyridine rings is 1. The van der Waals surface area contributed by atoms with Gasteiger partial charge in [-0.3, -0.25) is 14.7 Å². The fraction of sp³-hybridized carbons (Fsp3) is 0.174. The third kappa shape index (κ3) is 5.77. The topological polar surface area (TPSA) is 46.1 Å². The number of amides is 1. The van der Waals surface area contributed by atoms with Crippen molar-refractivity contribution in [3.8, 4) is 0 Å². The highest BCUT2D eigenvalue weighted by atomic mass is 35.5. The zero-order chi connectivity index (χ0) is 21.6. The van der Waals surface area contributed by atoms with Crippen molar-refractivity contribution in [2.24, 2.45) is 0 Å². The smallest absolute Gasteiger partial charge is 0.229 e. The fourth-order valence-electron chi connectivity index (χ4n) is 3.03. The number of carbonyl (C=O) groups excluding carboxylic acids is 1. The number of thiazole rings is 1. The number of para-hydroxylation sites is 1. The summed E-state index contributed by atoms with van der Waals surface area (Å²) in [5.74, 6) is 0.894. The molecule has 0 spiro atoms. The molecular formula is C23H19Cl2N3OS2. The summed E-state index contributed by atoms with van der Waals surface area (Å²) in [5, 5.41) is 1.98. The lowest BCUT2D eigenvalue weighted by Gasteiger charge is -2.20. The predicted octanol–water partition coefficient (Wildman–Crippen LogP) is 7.10. The van der Waals surface area contributed by atoms with Crippen LogP contribution in [0.1, 0.15) is 18.4 Å². The van der Waals surface area contributed by atoms with Crippen molar-refractivity contribution in [3.63, 3.8) is 0 Å². The first-order chi connectivity index (χ1) is 15.1. The molecule has 158 valence electrons. The highest BCUT2D eigenvalue weighted by Crippen LogP contribution is 2.34. The van der Waals surface area contributed by atoms with E-state index in [4.69, 9.17) is 23.2 Å². The molecule has 4 nitrogen and oxygen atoms in total. The van der Waals surface area contributed by atoms with Crippen LogP contribution in [-0.4, -0.2) is 21.6 Å². The van der Waals surface area contributed by atoms with Crippen LogP contribution in [0.5, 0.6) is 0 Å². The zero-order valence-corrected chi connectivity index (χ0v) is 19.6. The number of benzene rings is 2. The maximum absolute atomic E-state index is 13.2. The second-order valence-electron chi connectivity index (χ2n) is 6.82. The van der Waals surface area contributed by atoms with Crippen LogP contribution in [-0.2, 0) is 11.3 Å². The highest BCUT2D eigenvalue weighted by Gasteiger charge is 2.20. The van der Waals surface area contributed by atoms with Crippen molar-refractivity contribution in [1.29, 1.82) is 0 Å². The number of nitrogens with zero attached hydrogens (tertiary/aromatic N) is 3. The van der Waals surface area contributed by atoms with Crippen molar-refractivity contribution < 1.29 is 4.79 Å². The molecule has 31 heavy (non-hydrogen) atoms. The van der Waals surface area contributed by atoms with Crippen LogP contribution in [0.25, 0.3) is 10.2 Å². The summed E-state index contributed by atoms with van der Waals surface area (Å²) in [6.45, 7) is 0.448. The van der Waals surface area contributed by atoms with Gasteiger partial charge in [-0.15, -0.1) is 11.8 Å². The van der Waals surface area contributed by atoms with Crippen molar-refractivity contribution >= 4 is 67.6 Å². The van der Waals surface area contributed by atoms with Crippen molar-refractivity contribution in [2.75, 3.05) is 10.7 Å². The average molecular weight is 488 g/mol. The van der Waals surface area contributed by atoms with Gasteiger partial charge in [0.15, 0.2) is 5.13 Å². The Morgan fingerprint density at radius 2 is 1.81 bits per heavy atom. The molecule has 1 amide bonds. The molecule has 0 N–H and O–H groups in total. The minimum absolute atomic E-state index is 0.0451. The van der Waals surface area contributed by atoms with Crippen LogP contribution >= 0.6 is 46.3 Å². The molecule has 2 aromatic heterocycles. The lowest BCUT2D eigenvalue weighted by Crippen LogP contribution is -2.30. The maximum Gasteiger partial charge on any atom is 0.229 e. The lowest BCUT2D eigenvalue weighted by atomic mass is 10.2. The summed E-state index contributed by atoms with van der Waals surface area (Å²) in [6, 6.07) is 17.3. The number of thioether (sulfide) groups is 1. The largest absolute Gasteiger partial charge is 0.284 e. The summed E-state index contributed by atoms with van der Waals surface area (Å²) < 4.78 is 0.966. The van der Waals surface area contributed by atoms with E-state index < -0.39 is 0 Å². The molecule has 2 heterocycles. The van der Waals surface area contributed by atoms with Crippen molar-refractivity contribution in [1.82, 2.24) is 9.97 Å². The van der Waals surface area contributed by atoms with Gasteiger partial charge < -0.3 is 0 Å². The normalized spacial score (nSPS) is 11.0. The van der Waals surface area contributed by atoms with Gasteiger partial charge in [-0.2, -0.15) is 0 Å². The van der Waals surface area contributed by atoms with Crippen LogP contribution in [0.2, 0.25) is 10.0 Å². The van der Waals surface area contributed by atoms with E-state index in [0.717, 1.165) is 37.9 Å². The van der Waals surface area contributed by atoms with Gasteiger partial charge >= 0.3 is 0 Å². The van der Waals surface area contributed by atoms with E-state index in [2.05, 4.69) is 9.97 Å². The third-order valence-corrected chi connectivity index (χ3v) is 7.30. The minimum atomic E-state index is 0.0451. The Labute approximate surface area is 199 Å². The molecule has 0 saturated carbocycles. The molecule has 8 heteroatoms. The summed E-state index contributed by atoms with van der Waals surface area (Å²) in [5.41, 5.74) is 1.74. The second kappa shape index (κ2) is 10.5. The van der Waals surface area contributed by atoms with Crippen LogP contribution in [0.4, 0.5) is 5.13 Å². The molecule has 0 unspecified atom stereocenters. The molecule has 0 aliphatic heterocycles. The summed E-state index contributed by atoms with van der Waals surface area (Å²) >= 11 is 15.4. The third-order valence-electron chi connectivity index (χ3n) is 4.60. The number of hydrogen-bond donors (Lipinski definition) is 0. The Bertz CT molecular complexity index is 1170. The fourth-order valence-corrected chi connectivity index (χ4v) is 5.29. The molecular weight excluding hydrogens is 469 g/mol. The molecule has 0 atom stereocenters. The summed E-state index contributed by atoms with van der Waals surface area (Å²) in [4.78, 5) is 24.8. The molecule has 0 aliphatic carbocycles. The van der Waals surface area contributed by atoms with Crippen LogP contribution in [0, 0.1) is 0 Å². The Morgan fingerprint density at radius 3 is 2.55 bits per heavy atom. The number of hydrogen-bond acceptors (Lipinski definition) is 5. The molecule has 0 bridgehead atoms. The van der Waals surface area contributed by atoms with E-state index >= 15 is 0 Å². The monoisotopic (exact) mass is 487 g/mol. The molecule has 4 rings (SSSR count). The zero-order valence-electron chi connectivity index (χ0n) is 16.5. The Balaban J connectivity index is 1.47. The number of aromatic nitrogens is 2. The average Bonchev–Trinajstić information content (AvgIpc) is 3.22. The van der Waals surface area contributed by atoms with E-state index in [0.29, 0.717) is 23.1 Å². The predicted molar refractivity (Wildman–Crippen MR) is 131 cm³/mol. The molecule has 0 aliphatic rings. The Morgan fingerprint density at radius 1 is 1.03 bits per heavy atom. The van der Waals surface area contributed by atoms with Gasteiger partial charge in [0.05, 0.1) is 16.3 Å². The van der Waals surface area contributed by atoms with E-state index in [9.17, 15) is 4.79 Å². The Hall–Kier alpha value is -2.12. The van der Waals surface area contributed by atoms with Gasteiger partial charge in [-0.05, 0) is 66.3 Å². The molecule has 2 aromatic carbocycles. The van der Waals surface area contributed by atoms with Gasteiger partial charge in [0, 0.05) is 28.7 Å². The number of anilines is 1. The Kier molecular flexibility index (Phi) is 7.45. The van der Waals surface area contributed by atoms with Crippen LogP contribution in [0.3, 0.4) is 0 Å². The summed E-state index contributed by atoms with van der Waals surface area (Å²) in [7, 11) is 0. The first kappa shape index (κ1) is 22.1. The first-order valence-electron chi connectivity index (χ1n) is 9.73. The van der Waals surface area contributed by atoms with E-state index in [-0.39, 0.29) is 5.91 Å². The number of halogens is 2. The van der Waals surface area contributed by atoms with Gasteiger partial charge in [0.2, 0.25) is 5.91 Å². The molecule has 0 saturated heterocycles. The highest BCUT2D eigenvalue weighted by molar-refractivity contribution is 7.99. The lowest BCUT2D eigenvalue weighted by molar-refractivity contribution is -0.118. The second-order valence-corrected chi connectivity index (χ2v) is 9.85. The van der Waals surface area contributed by atoms with Gasteiger partial charge in [0.1, 0.15) is 5.52 Å². The van der Waals surface area contributed by atoms with Crippen LogP contribution < -0.4 is 4.90 Å². The summed E-state index contributed by atoms with van der Waals surface area (Å²) in [6.07, 6.45) is 4.67. The van der Waals surface area contributed by atoms with Crippen molar-refractivity contribution in [2.45, 2.75) is 24.3 Å². The number of carbonyl (C=O) groups is 1. The van der Waals surface area contributed by atoms with E-state index in [1.807, 2.05) is 54.6 Å². The maximum atomic E-state index is 13.2. The van der Waals surface area contributed by atoms with Gasteiger partial charge in [-0.25, -0.2) is 4.98 Å². The SMILES string of the molecule is O=C(CCCSc1ccc(Cl)cc1)N(Cc1ccncc1)c1nc2c(Cl)cccc2s1. The minimum Gasteiger partial charge on any atom is -0.284 e. The standard InChI is InChI=1S/C23H19Cl2N3OS2/c24-17-6-8-18(9-7-17)30-14-2-5-21(29)28(15-16-10-12-26-13-11-16)23-27-22-19(25)3-1-4-20(22)31-23/h1,3-4,6-13H,2,5,14-15H2. The first-order valence-corrected chi connectivity index (χ1v) is 12.3. The molecule has 0 radical (unpaired) electrons. The quantitative estimate of drug-likeness (QED) is 0.196. The number of fused-ring (bicyclic) bond motifs is 1. The van der Waals surface area contributed by atoms with Crippen molar-refractivity contribution in [3.05, 3.63) is 82.6 Å². The van der Waals surface area contributed by atoms with Gasteiger partial charge in [-0.1, -0.05) is 40.6 Å².